The molecule has 0 saturated heterocycles. The van der Waals surface area contributed by atoms with Crippen molar-refractivity contribution in [2.75, 3.05) is 14.2 Å². The number of esters is 1. The number of aryl methyl sites for hydroxylation is 1. The van der Waals surface area contributed by atoms with Crippen LogP contribution in [0.5, 0.6) is 5.75 Å². The van der Waals surface area contributed by atoms with Gasteiger partial charge in [-0.1, -0.05) is 11.6 Å². The van der Waals surface area contributed by atoms with Crippen LogP contribution in [-0.2, 0) is 4.74 Å². The predicted molar refractivity (Wildman–Crippen MR) is 72.9 cm³/mol. The number of ether oxygens (including phenoxy) is 2. The largest absolute Gasteiger partial charge is 0.494 e. The molecule has 0 amide bonds. The Labute approximate surface area is 120 Å². The smallest absolute Gasteiger partial charge is 0.359 e. The quantitative estimate of drug-likeness (QED) is 0.638. The summed E-state index contributed by atoms with van der Waals surface area (Å²) in [6.45, 7) is 1.77. The molecular formula is C13H12ClN3O3. The Hall–Kier alpha value is -2.21. The molecule has 0 N–H and O–H groups in total. The minimum Gasteiger partial charge on any atom is -0.494 e. The molecule has 0 atom stereocenters. The number of carbonyl (C=O) groups is 1. The van der Waals surface area contributed by atoms with Gasteiger partial charge in [0.2, 0.25) is 0 Å². The van der Waals surface area contributed by atoms with Gasteiger partial charge in [0.05, 0.1) is 26.1 Å². The lowest BCUT2D eigenvalue weighted by Gasteiger charge is -2.11. The molecule has 20 heavy (non-hydrogen) atoms. The molecule has 0 unspecified atom stereocenters. The van der Waals surface area contributed by atoms with Crippen molar-refractivity contribution in [1.82, 2.24) is 15.2 Å². The van der Waals surface area contributed by atoms with Crippen molar-refractivity contribution in [2.24, 2.45) is 0 Å². The Morgan fingerprint density at radius 1 is 1.20 bits per heavy atom. The number of aromatic nitrogens is 3. The summed E-state index contributed by atoms with van der Waals surface area (Å²) < 4.78 is 9.95. The highest BCUT2D eigenvalue weighted by Gasteiger charge is 2.19. The third-order valence-corrected chi connectivity index (χ3v) is 2.85. The summed E-state index contributed by atoms with van der Waals surface area (Å²) in [4.78, 5) is 15.7. The number of hydrogen-bond acceptors (Lipinski definition) is 6. The third-order valence-electron chi connectivity index (χ3n) is 2.64. The van der Waals surface area contributed by atoms with Crippen molar-refractivity contribution >= 4 is 17.6 Å². The fourth-order valence-electron chi connectivity index (χ4n) is 1.73. The Balaban J connectivity index is 2.71. The first-order chi connectivity index (χ1) is 9.56. The van der Waals surface area contributed by atoms with Gasteiger partial charge in [0, 0.05) is 11.1 Å². The van der Waals surface area contributed by atoms with Crippen LogP contribution in [0.15, 0.2) is 18.3 Å². The van der Waals surface area contributed by atoms with E-state index in [1.54, 1.807) is 19.1 Å². The number of halogens is 1. The maximum atomic E-state index is 11.8. The SMILES string of the molecule is COC(=O)c1nnc(C)cc1-c1cc(Cl)ncc1OC. The van der Waals surface area contributed by atoms with E-state index in [1.807, 2.05) is 0 Å². The lowest BCUT2D eigenvalue weighted by molar-refractivity contribution is 0.0593. The van der Waals surface area contributed by atoms with E-state index in [-0.39, 0.29) is 10.8 Å². The van der Waals surface area contributed by atoms with Crippen molar-refractivity contribution in [1.29, 1.82) is 0 Å². The zero-order valence-corrected chi connectivity index (χ0v) is 11.9. The first-order valence-corrected chi connectivity index (χ1v) is 6.07. The van der Waals surface area contributed by atoms with Crippen LogP contribution in [0.25, 0.3) is 11.1 Å². The van der Waals surface area contributed by atoms with Crippen LogP contribution in [-0.4, -0.2) is 35.4 Å². The molecule has 0 fully saturated rings. The van der Waals surface area contributed by atoms with Gasteiger partial charge >= 0.3 is 5.97 Å². The summed E-state index contributed by atoms with van der Waals surface area (Å²) in [6.07, 6.45) is 1.48. The fraction of sp³-hybridized carbons (Fsp3) is 0.231. The molecular weight excluding hydrogens is 282 g/mol. The molecule has 0 aromatic carbocycles. The van der Waals surface area contributed by atoms with Gasteiger partial charge in [0.15, 0.2) is 5.69 Å². The monoisotopic (exact) mass is 293 g/mol. The molecule has 6 nitrogen and oxygen atoms in total. The number of hydrogen-bond donors (Lipinski definition) is 0. The average Bonchev–Trinajstić information content (AvgIpc) is 2.46. The van der Waals surface area contributed by atoms with E-state index in [0.29, 0.717) is 22.6 Å². The first kappa shape index (κ1) is 14.2. The molecule has 2 aromatic heterocycles. The van der Waals surface area contributed by atoms with Crippen molar-refractivity contribution in [3.05, 3.63) is 34.9 Å². The zero-order valence-electron chi connectivity index (χ0n) is 11.2. The molecule has 2 aromatic rings. The molecule has 0 bridgehead atoms. The van der Waals surface area contributed by atoms with Crippen LogP contribution in [0, 0.1) is 6.92 Å². The van der Waals surface area contributed by atoms with Crippen LogP contribution in [0.3, 0.4) is 0 Å². The van der Waals surface area contributed by atoms with E-state index in [1.165, 1.54) is 20.4 Å². The molecule has 0 spiro atoms. The normalized spacial score (nSPS) is 10.2. The number of pyridine rings is 1. The molecule has 0 aliphatic rings. The van der Waals surface area contributed by atoms with E-state index in [9.17, 15) is 4.79 Å². The van der Waals surface area contributed by atoms with Crippen LogP contribution in [0.2, 0.25) is 5.15 Å². The second-order valence-corrected chi connectivity index (χ2v) is 4.33. The highest BCUT2D eigenvalue weighted by molar-refractivity contribution is 6.29. The Kier molecular flexibility index (Phi) is 4.14. The van der Waals surface area contributed by atoms with Gasteiger partial charge in [-0.15, -0.1) is 5.10 Å². The minimum absolute atomic E-state index is 0.0960. The van der Waals surface area contributed by atoms with E-state index < -0.39 is 5.97 Å². The molecule has 0 aliphatic carbocycles. The van der Waals surface area contributed by atoms with Crippen LogP contribution in [0.1, 0.15) is 16.2 Å². The summed E-state index contributed by atoms with van der Waals surface area (Å²) in [5, 5.41) is 8.04. The lowest BCUT2D eigenvalue weighted by Crippen LogP contribution is -2.09. The summed E-state index contributed by atoms with van der Waals surface area (Å²) in [5.74, 6) is -0.102. The fourth-order valence-corrected chi connectivity index (χ4v) is 1.89. The molecule has 7 heteroatoms. The molecule has 0 radical (unpaired) electrons. The molecule has 0 aliphatic heterocycles. The topological polar surface area (TPSA) is 74.2 Å². The maximum absolute atomic E-state index is 11.8. The molecule has 0 saturated carbocycles. The Morgan fingerprint density at radius 3 is 2.60 bits per heavy atom. The Morgan fingerprint density at radius 2 is 1.95 bits per heavy atom. The van der Waals surface area contributed by atoms with Gasteiger partial charge in [-0.2, -0.15) is 5.10 Å². The average molecular weight is 294 g/mol. The van der Waals surface area contributed by atoms with Gasteiger partial charge in [0.1, 0.15) is 10.9 Å². The van der Waals surface area contributed by atoms with E-state index in [4.69, 9.17) is 21.1 Å². The summed E-state index contributed by atoms with van der Waals surface area (Å²) in [7, 11) is 2.79. The van der Waals surface area contributed by atoms with Crippen molar-refractivity contribution in [2.45, 2.75) is 6.92 Å². The van der Waals surface area contributed by atoms with Gasteiger partial charge in [-0.25, -0.2) is 9.78 Å². The van der Waals surface area contributed by atoms with Crippen LogP contribution < -0.4 is 4.74 Å². The summed E-state index contributed by atoms with van der Waals surface area (Å²) in [5.41, 5.74) is 1.89. The van der Waals surface area contributed by atoms with Gasteiger partial charge in [-0.05, 0) is 19.1 Å². The van der Waals surface area contributed by atoms with Gasteiger partial charge in [0.25, 0.3) is 0 Å². The maximum Gasteiger partial charge on any atom is 0.359 e. The van der Waals surface area contributed by atoms with E-state index in [0.717, 1.165) is 0 Å². The number of rotatable bonds is 3. The zero-order chi connectivity index (χ0) is 14.7. The third kappa shape index (κ3) is 2.70. The lowest BCUT2D eigenvalue weighted by atomic mass is 10.0. The second-order valence-electron chi connectivity index (χ2n) is 3.95. The molecule has 2 heterocycles. The summed E-state index contributed by atoms with van der Waals surface area (Å²) in [6, 6.07) is 3.32. The minimum atomic E-state index is -0.581. The summed E-state index contributed by atoms with van der Waals surface area (Å²) >= 11 is 5.91. The van der Waals surface area contributed by atoms with E-state index >= 15 is 0 Å². The van der Waals surface area contributed by atoms with Gasteiger partial charge in [-0.3, -0.25) is 0 Å². The number of nitrogens with zero attached hydrogens (tertiary/aromatic N) is 3. The standard InChI is InChI=1S/C13H12ClN3O3/c1-7-4-9(12(17-16-7)13(18)20-3)8-5-11(14)15-6-10(8)19-2/h4-6H,1-3H3. The van der Waals surface area contributed by atoms with Crippen molar-refractivity contribution in [3.8, 4) is 16.9 Å². The van der Waals surface area contributed by atoms with Crippen molar-refractivity contribution in [3.63, 3.8) is 0 Å². The van der Waals surface area contributed by atoms with Crippen LogP contribution >= 0.6 is 11.6 Å². The molecule has 104 valence electrons. The molecule has 2 rings (SSSR count). The second kappa shape index (κ2) is 5.83. The first-order valence-electron chi connectivity index (χ1n) is 5.69. The number of methoxy groups -OCH3 is 2. The highest BCUT2D eigenvalue weighted by atomic mass is 35.5. The highest BCUT2D eigenvalue weighted by Crippen LogP contribution is 2.33. The van der Waals surface area contributed by atoms with Crippen LogP contribution in [0.4, 0.5) is 0 Å². The van der Waals surface area contributed by atoms with E-state index in [2.05, 4.69) is 15.2 Å². The van der Waals surface area contributed by atoms with Gasteiger partial charge < -0.3 is 9.47 Å². The van der Waals surface area contributed by atoms with Crippen molar-refractivity contribution < 1.29 is 14.3 Å². The Bertz CT molecular complexity index is 661. The predicted octanol–water partition coefficient (Wildman–Crippen LogP) is 2.30. The number of carbonyl (C=O) groups excluding carboxylic acids is 1.